The first-order chi connectivity index (χ1) is 10.3. The van der Waals surface area contributed by atoms with Crippen molar-refractivity contribution in [3.8, 4) is 5.75 Å². The first-order valence-corrected chi connectivity index (χ1v) is 8.54. The number of hydrogen-bond donors (Lipinski definition) is 2. The van der Waals surface area contributed by atoms with Crippen LogP contribution < -0.4 is 5.32 Å². The van der Waals surface area contributed by atoms with E-state index in [1.54, 1.807) is 0 Å². The van der Waals surface area contributed by atoms with Gasteiger partial charge in [0.1, 0.15) is 5.75 Å². The number of nitrogens with zero attached hydrogens (tertiary/aromatic N) is 1. The zero-order valence-corrected chi connectivity index (χ0v) is 13.1. The Morgan fingerprint density at radius 2 is 1.90 bits per heavy atom. The van der Waals surface area contributed by atoms with Gasteiger partial charge in [-0.25, -0.2) is 0 Å². The van der Waals surface area contributed by atoms with Gasteiger partial charge >= 0.3 is 0 Å². The molecule has 0 amide bonds. The summed E-state index contributed by atoms with van der Waals surface area (Å²) in [6.45, 7) is 5.91. The van der Waals surface area contributed by atoms with Gasteiger partial charge in [0.2, 0.25) is 0 Å². The summed E-state index contributed by atoms with van der Waals surface area (Å²) in [5, 5.41) is 13.1. The number of aromatic hydroxyl groups is 1. The van der Waals surface area contributed by atoms with Gasteiger partial charge in [0, 0.05) is 12.1 Å². The Balaban J connectivity index is 1.60. The van der Waals surface area contributed by atoms with E-state index in [9.17, 15) is 5.11 Å². The minimum Gasteiger partial charge on any atom is -0.508 e. The van der Waals surface area contributed by atoms with Crippen molar-refractivity contribution in [1.29, 1.82) is 0 Å². The summed E-state index contributed by atoms with van der Waals surface area (Å²) in [6.07, 6.45) is 6.52. The molecule has 2 heterocycles. The molecule has 1 aromatic carbocycles. The summed E-state index contributed by atoms with van der Waals surface area (Å²) in [5.74, 6) is 1.24. The Bertz CT molecular complexity index is 431. The predicted octanol–water partition coefficient (Wildman–Crippen LogP) is 3.31. The van der Waals surface area contributed by atoms with E-state index in [-0.39, 0.29) is 0 Å². The lowest BCUT2D eigenvalue weighted by atomic mass is 9.87. The lowest BCUT2D eigenvalue weighted by Crippen LogP contribution is -2.42. The molecule has 2 aliphatic rings. The van der Waals surface area contributed by atoms with Crippen molar-refractivity contribution in [2.24, 2.45) is 5.92 Å². The zero-order chi connectivity index (χ0) is 14.7. The van der Waals surface area contributed by atoms with Crippen LogP contribution in [0.5, 0.6) is 5.75 Å². The Morgan fingerprint density at radius 1 is 1.19 bits per heavy atom. The van der Waals surface area contributed by atoms with Crippen molar-refractivity contribution in [3.05, 3.63) is 29.8 Å². The largest absolute Gasteiger partial charge is 0.508 e. The molecule has 21 heavy (non-hydrogen) atoms. The second-order valence-corrected chi connectivity index (χ2v) is 6.59. The van der Waals surface area contributed by atoms with Crippen molar-refractivity contribution < 1.29 is 5.11 Å². The van der Waals surface area contributed by atoms with E-state index in [1.807, 2.05) is 12.1 Å². The van der Waals surface area contributed by atoms with Crippen LogP contribution in [0.2, 0.25) is 0 Å². The highest BCUT2D eigenvalue weighted by molar-refractivity contribution is 5.28. The number of rotatable bonds is 4. The third-order valence-corrected chi connectivity index (χ3v) is 5.35. The quantitative estimate of drug-likeness (QED) is 0.892. The van der Waals surface area contributed by atoms with E-state index in [2.05, 4.69) is 29.3 Å². The van der Waals surface area contributed by atoms with Gasteiger partial charge in [0.05, 0.1) is 0 Å². The standard InChI is InChI=1S/C18H28N2O/c1-2-18(15-5-7-16(21)8-6-15)20-12-9-14(10-13-20)17-4-3-11-19-17/h5-8,14,17-19,21H,2-4,9-13H2,1H3. The van der Waals surface area contributed by atoms with Crippen LogP contribution in [0.25, 0.3) is 0 Å². The SMILES string of the molecule is CCC(c1ccc(O)cc1)N1CCC(C2CCCN2)CC1. The zero-order valence-electron chi connectivity index (χ0n) is 13.1. The molecule has 3 rings (SSSR count). The third kappa shape index (κ3) is 3.41. The summed E-state index contributed by atoms with van der Waals surface area (Å²) < 4.78 is 0. The van der Waals surface area contributed by atoms with E-state index < -0.39 is 0 Å². The number of piperidine rings is 1. The molecule has 0 radical (unpaired) electrons. The van der Waals surface area contributed by atoms with E-state index in [4.69, 9.17) is 0 Å². The Hall–Kier alpha value is -1.06. The van der Waals surface area contributed by atoms with Crippen LogP contribution in [0.4, 0.5) is 0 Å². The molecule has 2 fully saturated rings. The molecule has 0 aliphatic carbocycles. The van der Waals surface area contributed by atoms with Gasteiger partial charge in [-0.1, -0.05) is 19.1 Å². The summed E-state index contributed by atoms with van der Waals surface area (Å²) in [5.41, 5.74) is 1.34. The minimum atomic E-state index is 0.361. The summed E-state index contributed by atoms with van der Waals surface area (Å²) in [4.78, 5) is 2.64. The monoisotopic (exact) mass is 288 g/mol. The minimum absolute atomic E-state index is 0.361. The molecule has 0 bridgehead atoms. The molecule has 2 saturated heterocycles. The molecule has 3 heteroatoms. The van der Waals surface area contributed by atoms with Crippen molar-refractivity contribution in [1.82, 2.24) is 10.2 Å². The van der Waals surface area contributed by atoms with Gasteiger partial charge in [-0.05, 0) is 75.4 Å². The topological polar surface area (TPSA) is 35.5 Å². The molecule has 116 valence electrons. The maximum Gasteiger partial charge on any atom is 0.115 e. The maximum atomic E-state index is 9.46. The highest BCUT2D eigenvalue weighted by Gasteiger charge is 2.30. The molecule has 0 saturated carbocycles. The molecule has 1 aromatic rings. The lowest BCUT2D eigenvalue weighted by molar-refractivity contribution is 0.116. The third-order valence-electron chi connectivity index (χ3n) is 5.35. The second kappa shape index (κ2) is 6.80. The van der Waals surface area contributed by atoms with Gasteiger partial charge in [-0.2, -0.15) is 0 Å². The normalized spacial score (nSPS) is 26.0. The number of hydrogen-bond acceptors (Lipinski definition) is 3. The van der Waals surface area contributed by atoms with E-state index in [0.717, 1.165) is 18.4 Å². The van der Waals surface area contributed by atoms with Gasteiger partial charge in [0.15, 0.2) is 0 Å². The second-order valence-electron chi connectivity index (χ2n) is 6.59. The van der Waals surface area contributed by atoms with E-state index in [0.29, 0.717) is 11.8 Å². The number of likely N-dealkylation sites (tertiary alicyclic amines) is 1. The average molecular weight is 288 g/mol. The Kier molecular flexibility index (Phi) is 4.81. The van der Waals surface area contributed by atoms with Gasteiger partial charge in [0.25, 0.3) is 0 Å². The van der Waals surface area contributed by atoms with Crippen LogP contribution in [0.1, 0.15) is 50.6 Å². The average Bonchev–Trinajstić information content (AvgIpc) is 3.05. The van der Waals surface area contributed by atoms with Crippen LogP contribution in [0, 0.1) is 5.92 Å². The summed E-state index contributed by atoms with van der Waals surface area (Å²) in [7, 11) is 0. The molecule has 2 N–H and O–H groups in total. The Morgan fingerprint density at radius 3 is 2.48 bits per heavy atom. The molecule has 2 atom stereocenters. The van der Waals surface area contributed by atoms with Crippen LogP contribution in [-0.4, -0.2) is 35.7 Å². The molecule has 2 aliphatic heterocycles. The lowest BCUT2D eigenvalue weighted by Gasteiger charge is -2.39. The first kappa shape index (κ1) is 14.9. The van der Waals surface area contributed by atoms with Crippen LogP contribution in [0.15, 0.2) is 24.3 Å². The van der Waals surface area contributed by atoms with E-state index in [1.165, 1.54) is 50.9 Å². The molecular formula is C18H28N2O. The molecule has 0 spiro atoms. The molecular weight excluding hydrogens is 260 g/mol. The Labute approximate surface area is 128 Å². The fraction of sp³-hybridized carbons (Fsp3) is 0.667. The van der Waals surface area contributed by atoms with Crippen molar-refractivity contribution >= 4 is 0 Å². The van der Waals surface area contributed by atoms with Crippen LogP contribution >= 0.6 is 0 Å². The fourth-order valence-corrected chi connectivity index (χ4v) is 4.15. The summed E-state index contributed by atoms with van der Waals surface area (Å²) >= 11 is 0. The first-order valence-electron chi connectivity index (χ1n) is 8.54. The molecule has 3 nitrogen and oxygen atoms in total. The van der Waals surface area contributed by atoms with Gasteiger partial charge in [-0.15, -0.1) is 0 Å². The summed E-state index contributed by atoms with van der Waals surface area (Å²) in [6, 6.07) is 9.06. The maximum absolute atomic E-state index is 9.46. The van der Waals surface area contributed by atoms with Gasteiger partial charge in [-0.3, -0.25) is 4.90 Å². The highest BCUT2D eigenvalue weighted by Crippen LogP contribution is 2.32. The van der Waals surface area contributed by atoms with Crippen molar-refractivity contribution in [2.45, 2.75) is 51.1 Å². The number of benzene rings is 1. The highest BCUT2D eigenvalue weighted by atomic mass is 16.3. The molecule has 2 unspecified atom stereocenters. The van der Waals surface area contributed by atoms with Crippen LogP contribution in [-0.2, 0) is 0 Å². The number of phenols is 1. The fourth-order valence-electron chi connectivity index (χ4n) is 4.15. The number of nitrogens with one attached hydrogen (secondary N) is 1. The smallest absolute Gasteiger partial charge is 0.115 e. The van der Waals surface area contributed by atoms with Gasteiger partial charge < -0.3 is 10.4 Å². The number of phenolic OH excluding ortho intramolecular Hbond substituents is 1. The van der Waals surface area contributed by atoms with Crippen molar-refractivity contribution in [2.75, 3.05) is 19.6 Å². The van der Waals surface area contributed by atoms with E-state index >= 15 is 0 Å². The molecule has 0 aromatic heterocycles. The van der Waals surface area contributed by atoms with Crippen molar-refractivity contribution in [3.63, 3.8) is 0 Å². The van der Waals surface area contributed by atoms with Crippen LogP contribution in [0.3, 0.4) is 0 Å². The predicted molar refractivity (Wildman–Crippen MR) is 86.5 cm³/mol.